The molecular weight excluding hydrogens is 610 g/mol. The van der Waals surface area contributed by atoms with E-state index in [4.69, 9.17) is 9.72 Å². The quantitative estimate of drug-likeness (QED) is 0.257. The van der Waals surface area contributed by atoms with Gasteiger partial charge < -0.3 is 14.7 Å². The van der Waals surface area contributed by atoms with E-state index in [1.54, 1.807) is 0 Å². The maximum absolute atomic E-state index is 14.0. The number of alkyl halides is 3. The summed E-state index contributed by atoms with van der Waals surface area (Å²) >= 11 is 0. The van der Waals surface area contributed by atoms with Crippen molar-refractivity contribution in [3.8, 4) is 11.1 Å². The summed E-state index contributed by atoms with van der Waals surface area (Å²) in [5.41, 5.74) is 5.21. The van der Waals surface area contributed by atoms with Gasteiger partial charge in [-0.25, -0.2) is 9.18 Å². The van der Waals surface area contributed by atoms with Gasteiger partial charge >= 0.3 is 12.1 Å². The number of hydrogen-bond acceptors (Lipinski definition) is 5. The second-order valence-electron chi connectivity index (χ2n) is 14.8. The molecule has 10 heteroatoms. The number of fused-ring (bicyclic) bond motifs is 1. The highest BCUT2D eigenvalue weighted by Crippen LogP contribution is 2.45. The molecule has 0 spiro atoms. The molecule has 2 aromatic carbocycles. The Labute approximate surface area is 274 Å². The van der Waals surface area contributed by atoms with Crippen LogP contribution in [0.2, 0.25) is 0 Å². The molecule has 254 valence electrons. The number of carboxylic acids is 1. The van der Waals surface area contributed by atoms with Crippen LogP contribution in [0.15, 0.2) is 36.4 Å². The van der Waals surface area contributed by atoms with Gasteiger partial charge in [-0.3, -0.25) is 9.88 Å². The molecule has 3 aromatic rings. The van der Waals surface area contributed by atoms with E-state index >= 15 is 0 Å². The molecule has 6 nitrogen and oxygen atoms in total. The number of aliphatic carboxylic acids is 1. The fourth-order valence-corrected chi connectivity index (χ4v) is 6.87. The molecule has 0 saturated carbocycles. The zero-order valence-corrected chi connectivity index (χ0v) is 28.3. The van der Waals surface area contributed by atoms with Crippen molar-refractivity contribution >= 4 is 11.7 Å². The first kappa shape index (κ1) is 34.8. The Morgan fingerprint density at radius 1 is 1.00 bits per heavy atom. The summed E-state index contributed by atoms with van der Waals surface area (Å²) in [6.45, 7) is 16.3. The van der Waals surface area contributed by atoms with E-state index in [1.165, 1.54) is 0 Å². The average molecular weight is 656 g/mol. The van der Waals surface area contributed by atoms with Crippen LogP contribution in [-0.4, -0.2) is 46.2 Å². The predicted octanol–water partition coefficient (Wildman–Crippen LogP) is 8.65. The molecule has 1 N–H and O–H groups in total. The molecule has 1 atom stereocenters. The lowest BCUT2D eigenvalue weighted by atomic mass is 9.81. The number of halogens is 4. The molecule has 0 aliphatic carbocycles. The normalized spacial score (nSPS) is 17.8. The number of nitrogens with zero attached hydrogens (tertiary/aromatic N) is 3. The molecule has 1 saturated heterocycles. The van der Waals surface area contributed by atoms with Gasteiger partial charge in [0, 0.05) is 55.2 Å². The first-order chi connectivity index (χ1) is 21.8. The molecule has 0 unspecified atom stereocenters. The summed E-state index contributed by atoms with van der Waals surface area (Å²) in [6.07, 6.45) is -3.29. The number of carbonyl (C=O) groups is 1. The first-order valence-electron chi connectivity index (χ1n) is 16.2. The smallest absolute Gasteiger partial charge is 0.416 e. The molecule has 0 radical (unpaired) electrons. The molecule has 1 fully saturated rings. The number of ether oxygens (including phenoxy) is 1. The Morgan fingerprint density at radius 3 is 2.30 bits per heavy atom. The van der Waals surface area contributed by atoms with Gasteiger partial charge in [0.2, 0.25) is 0 Å². The van der Waals surface area contributed by atoms with Crippen LogP contribution in [0.5, 0.6) is 0 Å². The number of piperidine rings is 1. The third-order valence-corrected chi connectivity index (χ3v) is 9.32. The second-order valence-corrected chi connectivity index (χ2v) is 14.8. The van der Waals surface area contributed by atoms with Gasteiger partial charge in [0.15, 0.2) is 6.10 Å². The molecule has 2 aliphatic heterocycles. The lowest BCUT2D eigenvalue weighted by Crippen LogP contribution is -2.39. The lowest BCUT2D eigenvalue weighted by Gasteiger charge is -2.41. The van der Waals surface area contributed by atoms with E-state index in [-0.39, 0.29) is 17.5 Å². The van der Waals surface area contributed by atoms with Crippen LogP contribution in [0, 0.1) is 25.1 Å². The van der Waals surface area contributed by atoms with Crippen LogP contribution in [-0.2, 0) is 35.2 Å². The van der Waals surface area contributed by atoms with Crippen molar-refractivity contribution in [1.82, 2.24) is 9.88 Å². The number of aryl methyl sites for hydroxylation is 2. The third-order valence-electron chi connectivity index (χ3n) is 9.32. The molecule has 2 aliphatic rings. The number of hydrogen-bond donors (Lipinski definition) is 1. The van der Waals surface area contributed by atoms with Crippen LogP contribution in [0.4, 0.5) is 23.2 Å². The fraction of sp³-hybridized carbons (Fsp3) is 0.514. The fourth-order valence-electron chi connectivity index (χ4n) is 6.87. The first-order valence-corrected chi connectivity index (χ1v) is 16.2. The van der Waals surface area contributed by atoms with Crippen LogP contribution >= 0.6 is 0 Å². The van der Waals surface area contributed by atoms with Crippen molar-refractivity contribution in [3.05, 3.63) is 81.4 Å². The van der Waals surface area contributed by atoms with Gasteiger partial charge in [-0.15, -0.1) is 0 Å². The van der Waals surface area contributed by atoms with Crippen molar-refractivity contribution in [2.24, 2.45) is 5.41 Å². The largest absolute Gasteiger partial charge is 0.479 e. The molecule has 0 amide bonds. The van der Waals surface area contributed by atoms with Gasteiger partial charge in [0.05, 0.1) is 16.9 Å². The zero-order valence-electron chi connectivity index (χ0n) is 28.3. The van der Waals surface area contributed by atoms with Gasteiger partial charge in [0.25, 0.3) is 0 Å². The SMILES string of the molecule is Cc1nc(C)c([C@H](OC(C)(C)C)C(=O)O)c(N2CCC(C)(C)CC2)c1-c1ccc2c(c1)CCN(Cc1cc(F)ccc1C(F)(F)F)C2. The number of carboxylic acid groups (broad SMARTS) is 1. The molecule has 47 heavy (non-hydrogen) atoms. The monoisotopic (exact) mass is 655 g/mol. The van der Waals surface area contributed by atoms with E-state index in [1.807, 2.05) is 51.7 Å². The van der Waals surface area contributed by atoms with E-state index in [9.17, 15) is 27.5 Å². The van der Waals surface area contributed by atoms with E-state index in [2.05, 4.69) is 24.8 Å². The second kappa shape index (κ2) is 12.8. The molecule has 3 heterocycles. The highest BCUT2D eigenvalue weighted by molar-refractivity contribution is 5.88. The van der Waals surface area contributed by atoms with Crippen molar-refractivity contribution in [2.75, 3.05) is 24.5 Å². The molecule has 5 rings (SSSR count). The van der Waals surface area contributed by atoms with Crippen LogP contribution in [0.1, 0.15) is 92.8 Å². The van der Waals surface area contributed by atoms with E-state index in [0.717, 1.165) is 77.8 Å². The standard InChI is InChI=1S/C37H45F4N3O3/c1-22-30(32(44-16-13-36(6,7)14-17-44)31(23(2)42-22)33(34(45)46)47-35(3,4)5)25-8-9-26-20-43(15-12-24(26)18-25)21-27-19-28(38)10-11-29(27)37(39,40)41/h8-11,18-19,33H,12-17,20-21H2,1-7H3,(H,45,46)/t33-/m0/s1. The molecule has 0 bridgehead atoms. The maximum atomic E-state index is 14.0. The Kier molecular flexibility index (Phi) is 9.51. The minimum absolute atomic E-state index is 0.0159. The molecular formula is C37H45F4N3O3. The van der Waals surface area contributed by atoms with Gasteiger partial charge in [-0.1, -0.05) is 32.0 Å². The van der Waals surface area contributed by atoms with E-state index in [0.29, 0.717) is 30.8 Å². The van der Waals surface area contributed by atoms with E-state index < -0.39 is 35.2 Å². The summed E-state index contributed by atoms with van der Waals surface area (Å²) in [6, 6.07) is 8.73. The van der Waals surface area contributed by atoms with Crippen molar-refractivity contribution in [3.63, 3.8) is 0 Å². The van der Waals surface area contributed by atoms with Crippen LogP contribution in [0.25, 0.3) is 11.1 Å². The summed E-state index contributed by atoms with van der Waals surface area (Å²) in [4.78, 5) is 21.9. The van der Waals surface area contributed by atoms with Gasteiger partial charge in [-0.05, 0) is 99.7 Å². The summed E-state index contributed by atoms with van der Waals surface area (Å²) in [7, 11) is 0. The Balaban J connectivity index is 1.55. The summed E-state index contributed by atoms with van der Waals surface area (Å²) < 4.78 is 61.1. The number of pyridine rings is 1. The highest BCUT2D eigenvalue weighted by atomic mass is 19.4. The highest BCUT2D eigenvalue weighted by Gasteiger charge is 2.37. The Hall–Kier alpha value is -3.50. The van der Waals surface area contributed by atoms with Crippen LogP contribution < -0.4 is 4.90 Å². The number of rotatable bonds is 7. The minimum atomic E-state index is -4.57. The van der Waals surface area contributed by atoms with Gasteiger partial charge in [-0.2, -0.15) is 13.2 Å². The van der Waals surface area contributed by atoms with Crippen LogP contribution in [0.3, 0.4) is 0 Å². The van der Waals surface area contributed by atoms with Crippen molar-refractivity contribution in [1.29, 1.82) is 0 Å². The predicted molar refractivity (Wildman–Crippen MR) is 175 cm³/mol. The minimum Gasteiger partial charge on any atom is -0.479 e. The number of anilines is 1. The Morgan fingerprint density at radius 2 is 1.68 bits per heavy atom. The van der Waals surface area contributed by atoms with Gasteiger partial charge in [0.1, 0.15) is 5.82 Å². The lowest BCUT2D eigenvalue weighted by molar-refractivity contribution is -0.160. The van der Waals surface area contributed by atoms with Crippen molar-refractivity contribution in [2.45, 2.75) is 98.7 Å². The Bertz CT molecular complexity index is 1650. The topological polar surface area (TPSA) is 65.9 Å². The number of aromatic nitrogens is 1. The number of benzene rings is 2. The third kappa shape index (κ3) is 7.81. The summed E-state index contributed by atoms with van der Waals surface area (Å²) in [5, 5.41) is 10.5. The van der Waals surface area contributed by atoms with Crippen molar-refractivity contribution < 1.29 is 32.2 Å². The average Bonchev–Trinajstić information content (AvgIpc) is 2.94. The maximum Gasteiger partial charge on any atom is 0.416 e. The summed E-state index contributed by atoms with van der Waals surface area (Å²) in [5.74, 6) is -1.77. The zero-order chi connectivity index (χ0) is 34.5. The molecule has 1 aromatic heterocycles.